The van der Waals surface area contributed by atoms with Crippen LogP contribution in [0.4, 0.5) is 11.9 Å². The molecule has 0 aliphatic heterocycles. The lowest BCUT2D eigenvalue weighted by atomic mass is 9.99. The van der Waals surface area contributed by atoms with Crippen molar-refractivity contribution in [1.82, 2.24) is 15.0 Å². The third-order valence-corrected chi connectivity index (χ3v) is 2.99. The lowest BCUT2D eigenvalue weighted by molar-refractivity contribution is 0.132. The SMILES string of the molecule is CCCNc1nc(NC(CC)(CO)CO)nc(OC)n1. The number of ether oxygens (including phenoxy) is 1. The summed E-state index contributed by atoms with van der Waals surface area (Å²) in [6.07, 6.45) is 1.45. The highest BCUT2D eigenvalue weighted by Crippen LogP contribution is 2.18. The molecule has 8 heteroatoms. The summed E-state index contributed by atoms with van der Waals surface area (Å²) in [6.45, 7) is 4.15. The number of methoxy groups -OCH3 is 1. The minimum atomic E-state index is -0.867. The standard InChI is InChI=1S/C12H23N5O3/c1-4-6-13-9-14-10(16-11(15-9)20-3)17-12(5-2,7-18)8-19/h18-19H,4-8H2,1-3H3,(H2,13,14,15,16,17). The van der Waals surface area contributed by atoms with Crippen molar-refractivity contribution in [2.45, 2.75) is 32.2 Å². The van der Waals surface area contributed by atoms with Crippen LogP contribution in [0.25, 0.3) is 0 Å². The van der Waals surface area contributed by atoms with E-state index in [2.05, 4.69) is 25.6 Å². The van der Waals surface area contributed by atoms with E-state index in [1.165, 1.54) is 7.11 Å². The summed E-state index contributed by atoms with van der Waals surface area (Å²) in [6, 6.07) is 0.169. The number of nitrogens with one attached hydrogen (secondary N) is 2. The molecular weight excluding hydrogens is 262 g/mol. The number of aromatic nitrogens is 3. The molecule has 0 aliphatic rings. The first-order chi connectivity index (χ1) is 9.62. The second kappa shape index (κ2) is 7.81. The molecule has 20 heavy (non-hydrogen) atoms. The summed E-state index contributed by atoms with van der Waals surface area (Å²) in [5.74, 6) is 0.641. The maximum Gasteiger partial charge on any atom is 0.322 e. The van der Waals surface area contributed by atoms with Crippen molar-refractivity contribution < 1.29 is 14.9 Å². The molecule has 0 aromatic carbocycles. The van der Waals surface area contributed by atoms with Crippen molar-refractivity contribution in [1.29, 1.82) is 0 Å². The van der Waals surface area contributed by atoms with E-state index in [4.69, 9.17) is 4.74 Å². The van der Waals surface area contributed by atoms with E-state index >= 15 is 0 Å². The first-order valence-electron chi connectivity index (χ1n) is 6.66. The predicted octanol–water partition coefficient (Wildman–Crippen LogP) is 0.247. The number of anilines is 2. The molecule has 1 rings (SSSR count). The van der Waals surface area contributed by atoms with Crippen LogP contribution in [0.2, 0.25) is 0 Å². The zero-order valence-corrected chi connectivity index (χ0v) is 12.2. The third kappa shape index (κ3) is 4.17. The quantitative estimate of drug-likeness (QED) is 0.510. The van der Waals surface area contributed by atoms with E-state index < -0.39 is 5.54 Å². The Hall–Kier alpha value is -1.67. The summed E-state index contributed by atoms with van der Waals surface area (Å²) in [7, 11) is 1.47. The zero-order valence-electron chi connectivity index (χ0n) is 12.2. The number of aliphatic hydroxyl groups excluding tert-OH is 2. The van der Waals surface area contributed by atoms with E-state index in [0.717, 1.165) is 13.0 Å². The molecule has 0 fully saturated rings. The molecule has 0 radical (unpaired) electrons. The Balaban J connectivity index is 2.98. The second-order valence-electron chi connectivity index (χ2n) is 4.47. The Labute approximate surface area is 118 Å². The van der Waals surface area contributed by atoms with Crippen LogP contribution in [0, 0.1) is 0 Å². The molecule has 114 valence electrons. The number of aliphatic hydroxyl groups is 2. The molecule has 0 saturated heterocycles. The molecule has 1 aromatic rings. The largest absolute Gasteiger partial charge is 0.467 e. The lowest BCUT2D eigenvalue weighted by Crippen LogP contribution is -2.45. The van der Waals surface area contributed by atoms with Gasteiger partial charge in [0.05, 0.1) is 25.9 Å². The van der Waals surface area contributed by atoms with Crippen LogP contribution < -0.4 is 15.4 Å². The molecule has 0 bridgehead atoms. The van der Waals surface area contributed by atoms with Gasteiger partial charge in [-0.25, -0.2) is 0 Å². The average Bonchev–Trinajstić information content (AvgIpc) is 2.50. The molecule has 1 heterocycles. The van der Waals surface area contributed by atoms with Gasteiger partial charge in [-0.15, -0.1) is 0 Å². The summed E-state index contributed by atoms with van der Waals surface area (Å²) >= 11 is 0. The van der Waals surface area contributed by atoms with Gasteiger partial charge >= 0.3 is 6.01 Å². The molecular formula is C12H23N5O3. The summed E-state index contributed by atoms with van der Waals surface area (Å²) in [4.78, 5) is 12.3. The average molecular weight is 285 g/mol. The van der Waals surface area contributed by atoms with Gasteiger partial charge in [-0.05, 0) is 12.8 Å². The van der Waals surface area contributed by atoms with Crippen molar-refractivity contribution in [3.05, 3.63) is 0 Å². The van der Waals surface area contributed by atoms with Gasteiger partial charge in [0.2, 0.25) is 11.9 Å². The van der Waals surface area contributed by atoms with Crippen LogP contribution >= 0.6 is 0 Å². The van der Waals surface area contributed by atoms with Crippen LogP contribution in [-0.4, -0.2) is 57.6 Å². The monoisotopic (exact) mass is 285 g/mol. The number of nitrogens with zero attached hydrogens (tertiary/aromatic N) is 3. The first kappa shape index (κ1) is 16.4. The second-order valence-corrected chi connectivity index (χ2v) is 4.47. The summed E-state index contributed by atoms with van der Waals surface area (Å²) in [5.41, 5.74) is -0.867. The molecule has 0 unspecified atom stereocenters. The predicted molar refractivity (Wildman–Crippen MR) is 76.0 cm³/mol. The minimum Gasteiger partial charge on any atom is -0.467 e. The normalized spacial score (nSPS) is 11.2. The molecule has 8 nitrogen and oxygen atoms in total. The van der Waals surface area contributed by atoms with Gasteiger partial charge in [0.1, 0.15) is 0 Å². The van der Waals surface area contributed by atoms with E-state index in [1.807, 2.05) is 13.8 Å². The highest BCUT2D eigenvalue weighted by molar-refractivity contribution is 5.38. The van der Waals surface area contributed by atoms with E-state index in [1.54, 1.807) is 0 Å². The molecule has 0 atom stereocenters. The first-order valence-corrected chi connectivity index (χ1v) is 6.66. The van der Waals surface area contributed by atoms with Gasteiger partial charge in [0.25, 0.3) is 0 Å². The van der Waals surface area contributed by atoms with Gasteiger partial charge in [0.15, 0.2) is 0 Å². The fourth-order valence-electron chi connectivity index (χ4n) is 1.50. The minimum absolute atomic E-state index is 0.169. The van der Waals surface area contributed by atoms with Crippen molar-refractivity contribution >= 4 is 11.9 Å². The fourth-order valence-corrected chi connectivity index (χ4v) is 1.50. The Morgan fingerprint density at radius 2 is 1.75 bits per heavy atom. The Kier molecular flexibility index (Phi) is 6.40. The number of hydrogen-bond donors (Lipinski definition) is 4. The van der Waals surface area contributed by atoms with Gasteiger partial charge in [-0.1, -0.05) is 13.8 Å². The number of rotatable bonds is 9. The van der Waals surface area contributed by atoms with Crippen LogP contribution in [0.5, 0.6) is 6.01 Å². The maximum atomic E-state index is 9.43. The highest BCUT2D eigenvalue weighted by Gasteiger charge is 2.27. The number of hydrogen-bond acceptors (Lipinski definition) is 8. The van der Waals surface area contributed by atoms with Crippen molar-refractivity contribution in [2.24, 2.45) is 0 Å². The topological polar surface area (TPSA) is 112 Å². The molecule has 0 saturated carbocycles. The smallest absolute Gasteiger partial charge is 0.322 e. The van der Waals surface area contributed by atoms with Gasteiger partial charge in [-0.3, -0.25) is 0 Å². The molecule has 0 aliphatic carbocycles. The third-order valence-electron chi connectivity index (χ3n) is 2.99. The van der Waals surface area contributed by atoms with Gasteiger partial charge in [0, 0.05) is 6.54 Å². The summed E-state index contributed by atoms with van der Waals surface area (Å²) in [5, 5.41) is 24.9. The summed E-state index contributed by atoms with van der Waals surface area (Å²) < 4.78 is 5.02. The Morgan fingerprint density at radius 3 is 2.25 bits per heavy atom. The van der Waals surface area contributed by atoms with Gasteiger partial charge in [-0.2, -0.15) is 15.0 Å². The van der Waals surface area contributed by atoms with Crippen LogP contribution in [0.1, 0.15) is 26.7 Å². The van der Waals surface area contributed by atoms with E-state index in [9.17, 15) is 10.2 Å². The van der Waals surface area contributed by atoms with Crippen molar-refractivity contribution in [3.8, 4) is 6.01 Å². The van der Waals surface area contributed by atoms with Crippen LogP contribution in [0.15, 0.2) is 0 Å². The highest BCUT2D eigenvalue weighted by atomic mass is 16.5. The zero-order chi connectivity index (χ0) is 15.0. The molecule has 0 spiro atoms. The van der Waals surface area contributed by atoms with Crippen molar-refractivity contribution in [3.63, 3.8) is 0 Å². The Morgan fingerprint density at radius 1 is 1.10 bits per heavy atom. The molecule has 0 amide bonds. The molecule has 4 N–H and O–H groups in total. The maximum absolute atomic E-state index is 9.43. The Bertz CT molecular complexity index is 404. The lowest BCUT2D eigenvalue weighted by Gasteiger charge is -2.29. The van der Waals surface area contributed by atoms with Gasteiger partial charge < -0.3 is 25.6 Å². The fraction of sp³-hybridized carbons (Fsp3) is 0.750. The molecule has 1 aromatic heterocycles. The van der Waals surface area contributed by atoms with Crippen LogP contribution in [0.3, 0.4) is 0 Å². The van der Waals surface area contributed by atoms with E-state index in [0.29, 0.717) is 12.4 Å². The van der Waals surface area contributed by atoms with E-state index in [-0.39, 0.29) is 25.2 Å². The van der Waals surface area contributed by atoms with Crippen LogP contribution in [-0.2, 0) is 0 Å². The van der Waals surface area contributed by atoms with Crippen molar-refractivity contribution in [2.75, 3.05) is 37.5 Å².